The minimum atomic E-state index is 0.329. The van der Waals surface area contributed by atoms with Gasteiger partial charge in [0.15, 0.2) is 0 Å². The van der Waals surface area contributed by atoms with Gasteiger partial charge in [-0.1, -0.05) is 0 Å². The first kappa shape index (κ1) is 13.4. The zero-order chi connectivity index (χ0) is 14.5. The second-order valence-corrected chi connectivity index (χ2v) is 6.69. The Morgan fingerprint density at radius 2 is 0.909 bits per heavy atom. The van der Waals surface area contributed by atoms with Gasteiger partial charge in [-0.15, -0.1) is 0 Å². The second kappa shape index (κ2) is 5.23. The van der Waals surface area contributed by atoms with Crippen LogP contribution in [0.1, 0.15) is 22.5 Å². The van der Waals surface area contributed by atoms with Gasteiger partial charge in [0.2, 0.25) is 0 Å². The Hall–Kier alpha value is -1.08. The lowest BCUT2D eigenvalue weighted by atomic mass is 9.93. The molecule has 6 nitrogen and oxygen atoms in total. The average Bonchev–Trinajstić information content (AvgIpc) is 3.32. The van der Waals surface area contributed by atoms with E-state index in [-0.39, 0.29) is 0 Å². The number of hydrogen-bond acceptors (Lipinski definition) is 6. The van der Waals surface area contributed by atoms with E-state index in [1.165, 1.54) is 11.1 Å². The number of aromatic nitrogens is 2. The largest absolute Gasteiger partial charge is 0.373 e. The van der Waals surface area contributed by atoms with E-state index in [1.807, 2.05) is 0 Å². The Kier molecular flexibility index (Phi) is 3.18. The molecule has 22 heavy (non-hydrogen) atoms. The third-order valence-corrected chi connectivity index (χ3v) is 4.67. The number of nitrogens with zero attached hydrogens (tertiary/aromatic N) is 2. The summed E-state index contributed by atoms with van der Waals surface area (Å²) in [6.45, 7) is 3.42. The number of ether oxygens (including phenoxy) is 4. The third kappa shape index (κ3) is 3.15. The Morgan fingerprint density at radius 3 is 1.23 bits per heavy atom. The van der Waals surface area contributed by atoms with Crippen molar-refractivity contribution in [3.8, 4) is 0 Å². The van der Waals surface area contributed by atoms with Gasteiger partial charge in [0.1, 0.15) is 0 Å². The van der Waals surface area contributed by atoms with E-state index in [2.05, 4.69) is 10.2 Å². The van der Waals surface area contributed by atoms with Crippen LogP contribution >= 0.6 is 0 Å². The van der Waals surface area contributed by atoms with Crippen LogP contribution < -0.4 is 0 Å². The maximum atomic E-state index is 5.46. The highest BCUT2D eigenvalue weighted by molar-refractivity contribution is 5.36. The molecule has 0 bridgehead atoms. The molecule has 4 fully saturated rings. The molecule has 1 aromatic heterocycles. The Morgan fingerprint density at radius 1 is 0.591 bits per heavy atom. The number of hydrogen-bond donors (Lipinski definition) is 0. The molecule has 0 spiro atoms. The fourth-order valence-corrected chi connectivity index (χ4v) is 3.03. The van der Waals surface area contributed by atoms with E-state index in [1.54, 1.807) is 0 Å². The molecule has 5 rings (SSSR count). The summed E-state index contributed by atoms with van der Waals surface area (Å²) >= 11 is 0. The number of rotatable bonds is 8. The quantitative estimate of drug-likeness (QED) is 0.641. The van der Waals surface area contributed by atoms with Crippen LogP contribution in [0.5, 0.6) is 0 Å². The normalized spacial score (nSPS) is 34.5. The van der Waals surface area contributed by atoms with Gasteiger partial charge in [-0.2, -0.15) is 10.2 Å². The molecule has 4 atom stereocenters. The second-order valence-electron chi connectivity index (χ2n) is 6.69. The highest BCUT2D eigenvalue weighted by Gasteiger charge is 2.34. The van der Waals surface area contributed by atoms with Gasteiger partial charge in [-0.05, 0) is 11.1 Å². The summed E-state index contributed by atoms with van der Waals surface area (Å²) < 4.78 is 21.7. The van der Waals surface area contributed by atoms with Crippen molar-refractivity contribution >= 4 is 0 Å². The van der Waals surface area contributed by atoms with Crippen LogP contribution in [0.4, 0.5) is 0 Å². The molecule has 0 radical (unpaired) electrons. The lowest BCUT2D eigenvalue weighted by Gasteiger charge is -2.15. The van der Waals surface area contributed by atoms with E-state index in [9.17, 15) is 0 Å². The van der Waals surface area contributed by atoms with Gasteiger partial charge in [-0.3, -0.25) is 0 Å². The number of epoxide rings is 4. The summed E-state index contributed by atoms with van der Waals surface area (Å²) in [4.78, 5) is 0. The molecule has 0 saturated carbocycles. The fraction of sp³-hybridized carbons (Fsp3) is 0.750. The molecule has 1 aromatic rings. The molecule has 6 heteroatoms. The molecule has 5 heterocycles. The highest BCUT2D eigenvalue weighted by Crippen LogP contribution is 2.30. The molecule has 4 saturated heterocycles. The highest BCUT2D eigenvalue weighted by atomic mass is 16.6. The Bertz CT molecular complexity index is 527. The van der Waals surface area contributed by atoms with Gasteiger partial charge < -0.3 is 18.9 Å². The van der Waals surface area contributed by atoms with Gasteiger partial charge in [-0.25, -0.2) is 0 Å². The van der Waals surface area contributed by atoms with Gasteiger partial charge in [0.25, 0.3) is 0 Å². The van der Waals surface area contributed by atoms with E-state index in [4.69, 9.17) is 18.9 Å². The van der Waals surface area contributed by atoms with Crippen LogP contribution in [0.3, 0.4) is 0 Å². The molecule has 4 unspecified atom stereocenters. The van der Waals surface area contributed by atoms with Crippen molar-refractivity contribution in [2.75, 3.05) is 26.4 Å². The zero-order valence-corrected chi connectivity index (χ0v) is 12.5. The van der Waals surface area contributed by atoms with Crippen molar-refractivity contribution < 1.29 is 18.9 Å². The SMILES string of the molecule is C1OC1Cc1nnc(CC2CO2)c(CC2CO2)c1CC1CO1. The van der Waals surface area contributed by atoms with E-state index in [0.717, 1.165) is 63.5 Å². The summed E-state index contributed by atoms with van der Waals surface area (Å²) in [6.07, 6.45) is 4.99. The van der Waals surface area contributed by atoms with Crippen molar-refractivity contribution in [3.05, 3.63) is 22.5 Å². The zero-order valence-electron chi connectivity index (χ0n) is 12.5. The molecule has 0 aromatic carbocycles. The topological polar surface area (TPSA) is 75.9 Å². The van der Waals surface area contributed by atoms with E-state index >= 15 is 0 Å². The predicted octanol–water partition coefficient (Wildman–Crippen LogP) is 0.242. The van der Waals surface area contributed by atoms with Crippen molar-refractivity contribution in [3.63, 3.8) is 0 Å². The summed E-state index contributed by atoms with van der Waals surface area (Å²) in [5.41, 5.74) is 4.85. The lowest BCUT2D eigenvalue weighted by Crippen LogP contribution is -2.16. The van der Waals surface area contributed by atoms with Crippen molar-refractivity contribution in [2.45, 2.75) is 50.1 Å². The molecule has 4 aliphatic heterocycles. The van der Waals surface area contributed by atoms with Crippen LogP contribution in [-0.2, 0) is 44.6 Å². The monoisotopic (exact) mass is 304 g/mol. The summed E-state index contributed by atoms with van der Waals surface area (Å²) in [5, 5.41) is 9.05. The lowest BCUT2D eigenvalue weighted by molar-refractivity contribution is 0.391. The predicted molar refractivity (Wildman–Crippen MR) is 75.8 cm³/mol. The van der Waals surface area contributed by atoms with E-state index < -0.39 is 0 Å². The van der Waals surface area contributed by atoms with Gasteiger partial charge in [0.05, 0.1) is 62.2 Å². The summed E-state index contributed by atoms with van der Waals surface area (Å²) in [6, 6.07) is 0. The first-order valence-electron chi connectivity index (χ1n) is 8.17. The smallest absolute Gasteiger partial charge is 0.0866 e. The van der Waals surface area contributed by atoms with Crippen LogP contribution in [0.15, 0.2) is 0 Å². The molecular weight excluding hydrogens is 284 g/mol. The van der Waals surface area contributed by atoms with Crippen molar-refractivity contribution in [1.82, 2.24) is 10.2 Å². The standard InChI is InChI=1S/C16H20N2O4/c1(9-5-19-9)13-14(2-10-6-20-10)16(4-12-8-22-12)18-17-15(13)3-11-7-21-11/h9-12H,1-8H2. The third-order valence-electron chi connectivity index (χ3n) is 4.67. The molecule has 0 aliphatic carbocycles. The summed E-state index contributed by atoms with van der Waals surface area (Å²) in [5.74, 6) is 0. The molecule has 118 valence electrons. The molecule has 4 aliphatic rings. The minimum Gasteiger partial charge on any atom is -0.373 e. The molecule has 0 amide bonds. The van der Waals surface area contributed by atoms with Crippen LogP contribution in [-0.4, -0.2) is 61.0 Å². The van der Waals surface area contributed by atoms with Crippen LogP contribution in [0.25, 0.3) is 0 Å². The van der Waals surface area contributed by atoms with Gasteiger partial charge >= 0.3 is 0 Å². The average molecular weight is 304 g/mol. The Labute approximate surface area is 129 Å². The first-order chi connectivity index (χ1) is 10.8. The Balaban J connectivity index is 1.49. The molecular formula is C16H20N2O4. The molecule has 0 N–H and O–H groups in total. The fourth-order valence-electron chi connectivity index (χ4n) is 3.03. The van der Waals surface area contributed by atoms with E-state index in [0.29, 0.717) is 24.4 Å². The maximum Gasteiger partial charge on any atom is 0.0866 e. The van der Waals surface area contributed by atoms with Crippen molar-refractivity contribution in [2.24, 2.45) is 0 Å². The van der Waals surface area contributed by atoms with Crippen LogP contribution in [0.2, 0.25) is 0 Å². The van der Waals surface area contributed by atoms with Gasteiger partial charge in [0, 0.05) is 25.7 Å². The first-order valence-corrected chi connectivity index (χ1v) is 8.17. The summed E-state index contributed by atoms with van der Waals surface area (Å²) in [7, 11) is 0. The van der Waals surface area contributed by atoms with Crippen LogP contribution in [0, 0.1) is 0 Å². The van der Waals surface area contributed by atoms with Crippen molar-refractivity contribution in [1.29, 1.82) is 0 Å². The maximum absolute atomic E-state index is 5.46. The minimum absolute atomic E-state index is 0.329.